The average Bonchev–Trinajstić information content (AvgIpc) is 2.41. The van der Waals surface area contributed by atoms with Gasteiger partial charge in [0, 0.05) is 13.2 Å². The normalized spacial score (nSPS) is 15.7. The van der Waals surface area contributed by atoms with Crippen LogP contribution in [0.2, 0.25) is 0 Å². The average molecular weight is 268 g/mol. The van der Waals surface area contributed by atoms with Gasteiger partial charge in [-0.2, -0.15) is 5.26 Å². The Morgan fingerprint density at radius 1 is 1.26 bits per heavy atom. The van der Waals surface area contributed by atoms with Crippen LogP contribution < -0.4 is 5.32 Å². The number of hydrogen-bond donors (Lipinski definition) is 1. The third-order valence-corrected chi connectivity index (χ3v) is 3.41. The van der Waals surface area contributed by atoms with Crippen LogP contribution in [0.5, 0.6) is 0 Å². The molecule has 0 saturated carbocycles. The summed E-state index contributed by atoms with van der Waals surface area (Å²) in [7, 11) is 0. The van der Waals surface area contributed by atoms with Crippen molar-refractivity contribution in [3.63, 3.8) is 0 Å². The van der Waals surface area contributed by atoms with Crippen molar-refractivity contribution in [2.75, 3.05) is 19.8 Å². The first kappa shape index (κ1) is 18.4. The van der Waals surface area contributed by atoms with Gasteiger partial charge in [-0.3, -0.25) is 5.32 Å². The Labute approximate surface area is 119 Å². The van der Waals surface area contributed by atoms with Gasteiger partial charge in [-0.05, 0) is 51.5 Å². The fraction of sp³-hybridized carbons (Fsp3) is 0.938. The minimum absolute atomic E-state index is 0.370. The highest BCUT2D eigenvalue weighted by atomic mass is 16.5. The molecule has 0 aliphatic rings. The molecule has 0 aromatic heterocycles. The van der Waals surface area contributed by atoms with E-state index in [0.717, 1.165) is 45.4 Å². The number of hydrogen-bond acceptors (Lipinski definition) is 3. The first-order valence-corrected chi connectivity index (χ1v) is 7.82. The molecule has 0 radical (unpaired) electrons. The lowest BCUT2D eigenvalue weighted by atomic mass is 9.96. The van der Waals surface area contributed by atoms with Gasteiger partial charge in [-0.15, -0.1) is 0 Å². The monoisotopic (exact) mass is 268 g/mol. The zero-order chi connectivity index (χ0) is 14.6. The van der Waals surface area contributed by atoms with Crippen LogP contribution in [0.15, 0.2) is 0 Å². The zero-order valence-electron chi connectivity index (χ0n) is 13.3. The van der Waals surface area contributed by atoms with Crippen LogP contribution in [0.25, 0.3) is 0 Å². The molecule has 0 aromatic rings. The van der Waals surface area contributed by atoms with Crippen LogP contribution in [0.1, 0.15) is 66.2 Å². The molecule has 0 saturated heterocycles. The summed E-state index contributed by atoms with van der Waals surface area (Å²) >= 11 is 0. The van der Waals surface area contributed by atoms with E-state index in [1.807, 2.05) is 6.92 Å². The van der Waals surface area contributed by atoms with Crippen LogP contribution in [-0.2, 0) is 4.74 Å². The van der Waals surface area contributed by atoms with Crippen LogP contribution in [0.3, 0.4) is 0 Å². The predicted molar refractivity (Wildman–Crippen MR) is 81.1 cm³/mol. The fourth-order valence-corrected chi connectivity index (χ4v) is 2.13. The quantitative estimate of drug-likeness (QED) is 0.546. The standard InChI is InChI=1S/C16H32N2O/c1-5-9-15(3)13-19-12-8-7-10-16(4,14-17)18-11-6-2/h15,18H,5-13H2,1-4H3. The smallest absolute Gasteiger partial charge is 0.103 e. The van der Waals surface area contributed by atoms with Crippen LogP contribution in [-0.4, -0.2) is 25.3 Å². The third-order valence-electron chi connectivity index (χ3n) is 3.41. The summed E-state index contributed by atoms with van der Waals surface area (Å²) < 4.78 is 5.67. The maximum Gasteiger partial charge on any atom is 0.103 e. The number of nitrogens with one attached hydrogen (secondary N) is 1. The van der Waals surface area contributed by atoms with E-state index in [1.54, 1.807) is 0 Å². The molecule has 112 valence electrons. The first-order chi connectivity index (χ1) is 9.08. The molecule has 3 heteroatoms. The Bertz CT molecular complexity index is 250. The van der Waals surface area contributed by atoms with E-state index < -0.39 is 0 Å². The van der Waals surface area contributed by atoms with E-state index in [9.17, 15) is 5.26 Å². The number of ether oxygens (including phenoxy) is 1. The summed E-state index contributed by atoms with van der Waals surface area (Å²) in [5.41, 5.74) is -0.370. The van der Waals surface area contributed by atoms with Crippen molar-refractivity contribution in [1.82, 2.24) is 5.32 Å². The number of nitrogens with zero attached hydrogens (tertiary/aromatic N) is 1. The van der Waals surface area contributed by atoms with E-state index in [-0.39, 0.29) is 5.54 Å². The van der Waals surface area contributed by atoms with E-state index >= 15 is 0 Å². The molecule has 0 aliphatic carbocycles. The Kier molecular flexibility index (Phi) is 10.9. The molecule has 0 heterocycles. The molecule has 0 fully saturated rings. The molecule has 0 aromatic carbocycles. The topological polar surface area (TPSA) is 45.0 Å². The van der Waals surface area contributed by atoms with E-state index in [4.69, 9.17) is 4.74 Å². The Morgan fingerprint density at radius 3 is 2.58 bits per heavy atom. The number of unbranched alkanes of at least 4 members (excludes halogenated alkanes) is 1. The highest BCUT2D eigenvalue weighted by molar-refractivity contribution is 5.03. The molecule has 19 heavy (non-hydrogen) atoms. The van der Waals surface area contributed by atoms with Crippen LogP contribution >= 0.6 is 0 Å². The Hall–Kier alpha value is -0.590. The van der Waals surface area contributed by atoms with E-state index in [0.29, 0.717) is 5.92 Å². The third kappa shape index (κ3) is 9.92. The molecular weight excluding hydrogens is 236 g/mol. The molecule has 0 aliphatic heterocycles. The highest BCUT2D eigenvalue weighted by Gasteiger charge is 2.21. The second-order valence-corrected chi connectivity index (χ2v) is 5.80. The number of rotatable bonds is 12. The second kappa shape index (κ2) is 11.3. The van der Waals surface area contributed by atoms with Gasteiger partial charge in [0.25, 0.3) is 0 Å². The summed E-state index contributed by atoms with van der Waals surface area (Å²) in [6.07, 6.45) is 6.53. The highest BCUT2D eigenvalue weighted by Crippen LogP contribution is 2.13. The summed E-state index contributed by atoms with van der Waals surface area (Å²) in [5.74, 6) is 0.667. The number of nitriles is 1. The Morgan fingerprint density at radius 2 is 2.00 bits per heavy atom. The van der Waals surface area contributed by atoms with Crippen molar-refractivity contribution in [2.24, 2.45) is 5.92 Å². The molecule has 0 rings (SSSR count). The zero-order valence-corrected chi connectivity index (χ0v) is 13.3. The van der Waals surface area contributed by atoms with E-state index in [2.05, 4.69) is 32.2 Å². The van der Waals surface area contributed by atoms with Crippen molar-refractivity contribution in [3.05, 3.63) is 0 Å². The van der Waals surface area contributed by atoms with Crippen molar-refractivity contribution < 1.29 is 4.74 Å². The molecule has 3 nitrogen and oxygen atoms in total. The SMILES string of the molecule is CCCNC(C)(C#N)CCCCOCC(C)CCC. The molecule has 2 unspecified atom stereocenters. The maximum absolute atomic E-state index is 9.20. The summed E-state index contributed by atoms with van der Waals surface area (Å²) in [6.45, 7) is 11.2. The van der Waals surface area contributed by atoms with Crippen LogP contribution in [0, 0.1) is 17.2 Å². The molecular formula is C16H32N2O. The minimum atomic E-state index is -0.370. The summed E-state index contributed by atoms with van der Waals surface area (Å²) in [4.78, 5) is 0. The van der Waals surface area contributed by atoms with Crippen LogP contribution in [0.4, 0.5) is 0 Å². The van der Waals surface area contributed by atoms with Crippen molar-refractivity contribution in [3.8, 4) is 6.07 Å². The lowest BCUT2D eigenvalue weighted by molar-refractivity contribution is 0.0975. The van der Waals surface area contributed by atoms with Gasteiger partial charge in [0.05, 0.1) is 6.07 Å². The van der Waals surface area contributed by atoms with Gasteiger partial charge >= 0.3 is 0 Å². The summed E-state index contributed by atoms with van der Waals surface area (Å²) in [6, 6.07) is 2.39. The lowest BCUT2D eigenvalue weighted by Crippen LogP contribution is -2.41. The van der Waals surface area contributed by atoms with Crippen molar-refractivity contribution in [1.29, 1.82) is 5.26 Å². The fourth-order valence-electron chi connectivity index (χ4n) is 2.13. The van der Waals surface area contributed by atoms with Crippen molar-refractivity contribution >= 4 is 0 Å². The lowest BCUT2D eigenvalue weighted by Gasteiger charge is -2.23. The molecule has 0 spiro atoms. The van der Waals surface area contributed by atoms with Gasteiger partial charge in [-0.1, -0.05) is 27.2 Å². The Balaban J connectivity index is 3.59. The van der Waals surface area contributed by atoms with Crippen molar-refractivity contribution in [2.45, 2.75) is 71.8 Å². The predicted octanol–water partition coefficient (Wildman–Crippen LogP) is 3.89. The van der Waals surface area contributed by atoms with Gasteiger partial charge in [0.1, 0.15) is 5.54 Å². The first-order valence-electron chi connectivity index (χ1n) is 7.82. The maximum atomic E-state index is 9.20. The van der Waals surface area contributed by atoms with Gasteiger partial charge in [-0.25, -0.2) is 0 Å². The van der Waals surface area contributed by atoms with E-state index in [1.165, 1.54) is 12.8 Å². The largest absolute Gasteiger partial charge is 0.381 e. The summed E-state index contributed by atoms with van der Waals surface area (Å²) in [5, 5.41) is 12.5. The minimum Gasteiger partial charge on any atom is -0.381 e. The molecule has 2 atom stereocenters. The van der Waals surface area contributed by atoms with Gasteiger partial charge in [0.15, 0.2) is 0 Å². The molecule has 0 amide bonds. The van der Waals surface area contributed by atoms with Gasteiger partial charge in [0.2, 0.25) is 0 Å². The molecule has 1 N–H and O–H groups in total. The molecule has 0 bridgehead atoms. The van der Waals surface area contributed by atoms with Gasteiger partial charge < -0.3 is 4.74 Å². The second-order valence-electron chi connectivity index (χ2n) is 5.80.